The highest BCUT2D eigenvalue weighted by Gasteiger charge is 2.38. The molecule has 0 heterocycles. The highest BCUT2D eigenvalue weighted by Crippen LogP contribution is 2.40. The number of nitrogens with one attached hydrogen (secondary N) is 1. The molecule has 0 aromatic heterocycles. The van der Waals surface area contributed by atoms with Crippen LogP contribution < -0.4 is 5.32 Å². The molecule has 2 rings (SSSR count). The number of amides is 1. The maximum atomic E-state index is 11.3. The van der Waals surface area contributed by atoms with Crippen LogP contribution in [0.5, 0.6) is 0 Å². The minimum absolute atomic E-state index is 0.0148. The van der Waals surface area contributed by atoms with Crippen molar-refractivity contribution in [3.8, 4) is 0 Å². The first kappa shape index (κ1) is 9.97. The lowest BCUT2D eigenvalue weighted by molar-refractivity contribution is -0.116. The predicted molar refractivity (Wildman–Crippen MR) is 60.5 cm³/mol. The summed E-state index contributed by atoms with van der Waals surface area (Å²) in [5, 5.41) is 2.98. The molecule has 1 N–H and O–H groups in total. The summed E-state index contributed by atoms with van der Waals surface area (Å²) in [6.07, 6.45) is 4.39. The standard InChI is InChI=1S/C13H15NO/c1-2-6-13(15)14-12-9-11(12)10-7-4-3-5-8-10/h2-8,11-12H,9H2,1H3,(H,14,15). The minimum atomic E-state index is 0.0148. The third-order valence-electron chi connectivity index (χ3n) is 2.66. The average Bonchev–Trinajstić information content (AvgIpc) is 2.99. The molecule has 1 amide bonds. The molecular formula is C13H15NO. The molecule has 2 atom stereocenters. The maximum Gasteiger partial charge on any atom is 0.243 e. The molecule has 1 saturated carbocycles. The summed E-state index contributed by atoms with van der Waals surface area (Å²) >= 11 is 0. The lowest BCUT2D eigenvalue weighted by atomic mass is 10.1. The topological polar surface area (TPSA) is 29.1 Å². The van der Waals surface area contributed by atoms with Crippen LogP contribution in [0.25, 0.3) is 0 Å². The summed E-state index contributed by atoms with van der Waals surface area (Å²) < 4.78 is 0. The summed E-state index contributed by atoms with van der Waals surface area (Å²) in [5.74, 6) is 0.529. The number of rotatable bonds is 3. The average molecular weight is 201 g/mol. The molecule has 1 aliphatic carbocycles. The van der Waals surface area contributed by atoms with Crippen LogP contribution in [-0.4, -0.2) is 11.9 Å². The van der Waals surface area contributed by atoms with Crippen molar-refractivity contribution in [2.75, 3.05) is 0 Å². The van der Waals surface area contributed by atoms with E-state index in [-0.39, 0.29) is 5.91 Å². The monoisotopic (exact) mass is 201 g/mol. The molecule has 78 valence electrons. The highest BCUT2D eigenvalue weighted by atomic mass is 16.1. The van der Waals surface area contributed by atoms with Crippen LogP contribution in [0, 0.1) is 0 Å². The lowest BCUT2D eigenvalue weighted by Crippen LogP contribution is -2.24. The molecule has 0 bridgehead atoms. The molecule has 2 unspecified atom stereocenters. The first-order valence-corrected chi connectivity index (χ1v) is 5.29. The summed E-state index contributed by atoms with van der Waals surface area (Å²) in [6.45, 7) is 1.85. The van der Waals surface area contributed by atoms with Gasteiger partial charge in [-0.25, -0.2) is 0 Å². The van der Waals surface area contributed by atoms with Gasteiger partial charge in [0.15, 0.2) is 0 Å². The predicted octanol–water partition coefficient (Wildman–Crippen LogP) is 2.23. The Balaban J connectivity index is 1.89. The van der Waals surface area contributed by atoms with Crippen molar-refractivity contribution in [1.82, 2.24) is 5.32 Å². The number of benzene rings is 1. The van der Waals surface area contributed by atoms with Crippen molar-refractivity contribution in [3.05, 3.63) is 48.0 Å². The van der Waals surface area contributed by atoms with Crippen LogP contribution in [0.2, 0.25) is 0 Å². The second-order valence-electron chi connectivity index (χ2n) is 3.87. The fourth-order valence-corrected chi connectivity index (χ4v) is 1.81. The number of hydrogen-bond acceptors (Lipinski definition) is 1. The SMILES string of the molecule is CC=CC(=O)NC1CC1c1ccccc1. The van der Waals surface area contributed by atoms with Gasteiger partial charge in [0.05, 0.1) is 0 Å². The summed E-state index contributed by atoms with van der Waals surface area (Å²) in [7, 11) is 0. The van der Waals surface area contributed by atoms with Gasteiger partial charge in [-0.3, -0.25) is 4.79 Å². The molecule has 2 nitrogen and oxygen atoms in total. The number of carbonyl (C=O) groups excluding carboxylic acids is 1. The Morgan fingerprint density at radius 2 is 2.13 bits per heavy atom. The van der Waals surface area contributed by atoms with Gasteiger partial charge in [-0.1, -0.05) is 36.4 Å². The van der Waals surface area contributed by atoms with Gasteiger partial charge in [-0.05, 0) is 25.0 Å². The van der Waals surface area contributed by atoms with Crippen molar-refractivity contribution in [3.63, 3.8) is 0 Å². The van der Waals surface area contributed by atoms with Crippen molar-refractivity contribution < 1.29 is 4.79 Å². The van der Waals surface area contributed by atoms with Gasteiger partial charge < -0.3 is 5.32 Å². The van der Waals surface area contributed by atoms with Gasteiger partial charge in [-0.15, -0.1) is 0 Å². The lowest BCUT2D eigenvalue weighted by Gasteiger charge is -2.01. The third kappa shape index (κ3) is 2.46. The zero-order chi connectivity index (χ0) is 10.7. The van der Waals surface area contributed by atoms with Crippen molar-refractivity contribution in [1.29, 1.82) is 0 Å². The molecular weight excluding hydrogens is 186 g/mol. The molecule has 0 radical (unpaired) electrons. The Hall–Kier alpha value is -1.57. The molecule has 1 aromatic carbocycles. The summed E-state index contributed by atoms with van der Waals surface area (Å²) in [6, 6.07) is 10.7. The van der Waals surface area contributed by atoms with Gasteiger partial charge in [0.25, 0.3) is 0 Å². The van der Waals surface area contributed by atoms with E-state index >= 15 is 0 Å². The number of carbonyl (C=O) groups is 1. The highest BCUT2D eigenvalue weighted by molar-refractivity contribution is 5.88. The van der Waals surface area contributed by atoms with Gasteiger partial charge in [0, 0.05) is 12.0 Å². The Morgan fingerprint density at radius 3 is 2.80 bits per heavy atom. The summed E-state index contributed by atoms with van der Waals surface area (Å²) in [4.78, 5) is 11.3. The van der Waals surface area contributed by atoms with Gasteiger partial charge >= 0.3 is 0 Å². The van der Waals surface area contributed by atoms with E-state index in [9.17, 15) is 4.79 Å². The van der Waals surface area contributed by atoms with Crippen molar-refractivity contribution in [2.45, 2.75) is 25.3 Å². The third-order valence-corrected chi connectivity index (χ3v) is 2.66. The van der Waals surface area contributed by atoms with Crippen LogP contribution in [0.15, 0.2) is 42.5 Å². The first-order chi connectivity index (χ1) is 7.31. The fourth-order valence-electron chi connectivity index (χ4n) is 1.81. The zero-order valence-corrected chi connectivity index (χ0v) is 8.81. The molecule has 15 heavy (non-hydrogen) atoms. The minimum Gasteiger partial charge on any atom is -0.349 e. The second kappa shape index (κ2) is 4.30. The van der Waals surface area contributed by atoms with Crippen LogP contribution in [0.4, 0.5) is 0 Å². The van der Waals surface area contributed by atoms with Gasteiger partial charge in [0.1, 0.15) is 0 Å². The van der Waals surface area contributed by atoms with E-state index in [0.29, 0.717) is 12.0 Å². The Bertz CT molecular complexity index is 369. The van der Waals surface area contributed by atoms with E-state index in [0.717, 1.165) is 6.42 Å². The van der Waals surface area contributed by atoms with Crippen LogP contribution in [-0.2, 0) is 4.79 Å². The Kier molecular flexibility index (Phi) is 2.86. The van der Waals surface area contributed by atoms with Gasteiger partial charge in [-0.2, -0.15) is 0 Å². The van der Waals surface area contributed by atoms with Crippen molar-refractivity contribution in [2.24, 2.45) is 0 Å². The summed E-state index contributed by atoms with van der Waals surface area (Å²) in [5.41, 5.74) is 1.32. The number of allylic oxidation sites excluding steroid dienone is 1. The van der Waals surface area contributed by atoms with E-state index in [1.807, 2.05) is 25.1 Å². The molecule has 1 aromatic rings. The molecule has 0 spiro atoms. The Labute approximate surface area is 90.0 Å². The molecule has 1 fully saturated rings. The van der Waals surface area contributed by atoms with Crippen LogP contribution in [0.3, 0.4) is 0 Å². The van der Waals surface area contributed by atoms with Crippen molar-refractivity contribution >= 4 is 5.91 Å². The first-order valence-electron chi connectivity index (χ1n) is 5.29. The molecule has 2 heteroatoms. The van der Waals surface area contributed by atoms with E-state index in [1.165, 1.54) is 5.56 Å². The normalized spacial score (nSPS) is 24.1. The van der Waals surface area contributed by atoms with E-state index in [4.69, 9.17) is 0 Å². The largest absolute Gasteiger partial charge is 0.349 e. The van der Waals surface area contributed by atoms with E-state index < -0.39 is 0 Å². The molecule has 0 aliphatic heterocycles. The Morgan fingerprint density at radius 1 is 1.40 bits per heavy atom. The molecule has 0 saturated heterocycles. The smallest absolute Gasteiger partial charge is 0.243 e. The van der Waals surface area contributed by atoms with Crippen LogP contribution >= 0.6 is 0 Å². The molecule has 1 aliphatic rings. The number of hydrogen-bond donors (Lipinski definition) is 1. The second-order valence-corrected chi connectivity index (χ2v) is 3.87. The van der Waals surface area contributed by atoms with E-state index in [1.54, 1.807) is 12.2 Å². The zero-order valence-electron chi connectivity index (χ0n) is 8.81. The fraction of sp³-hybridized carbons (Fsp3) is 0.308. The quantitative estimate of drug-likeness (QED) is 0.746. The van der Waals surface area contributed by atoms with Gasteiger partial charge in [0.2, 0.25) is 5.91 Å². The van der Waals surface area contributed by atoms with Crippen LogP contribution in [0.1, 0.15) is 24.8 Å². The van der Waals surface area contributed by atoms with E-state index in [2.05, 4.69) is 17.4 Å². The maximum absolute atomic E-state index is 11.3.